The maximum Gasteiger partial charge on any atom is 0.123 e. The quantitative estimate of drug-likeness (QED) is 0.935. The van der Waals surface area contributed by atoms with E-state index in [-0.39, 0.29) is 18.0 Å². The first-order valence-corrected chi connectivity index (χ1v) is 7.28. The maximum absolute atomic E-state index is 13.4. The zero-order chi connectivity index (χ0) is 14.8. The zero-order valence-corrected chi connectivity index (χ0v) is 12.1. The fourth-order valence-corrected chi connectivity index (χ4v) is 3.09. The Morgan fingerprint density at radius 2 is 2.24 bits per heavy atom. The molecule has 0 unspecified atom stereocenters. The van der Waals surface area contributed by atoms with Gasteiger partial charge in [-0.3, -0.25) is 9.58 Å². The number of nitrogens with zero attached hydrogens (tertiary/aromatic N) is 3. The van der Waals surface area contributed by atoms with E-state index >= 15 is 0 Å². The van der Waals surface area contributed by atoms with Crippen molar-refractivity contribution in [2.24, 2.45) is 7.05 Å². The molecule has 1 aromatic carbocycles. The molecule has 2 heterocycles. The lowest BCUT2D eigenvalue weighted by Gasteiger charge is -2.24. The van der Waals surface area contributed by atoms with Crippen molar-refractivity contribution < 1.29 is 9.50 Å². The highest BCUT2D eigenvalue weighted by Gasteiger charge is 2.31. The molecule has 1 aliphatic rings. The molecule has 0 radical (unpaired) electrons. The summed E-state index contributed by atoms with van der Waals surface area (Å²) >= 11 is 0. The topological polar surface area (TPSA) is 41.3 Å². The molecule has 1 N–H and O–H groups in total. The number of halogens is 1. The first kappa shape index (κ1) is 14.2. The van der Waals surface area contributed by atoms with Crippen LogP contribution in [0.5, 0.6) is 0 Å². The maximum atomic E-state index is 13.4. The molecule has 112 valence electrons. The molecule has 0 spiro atoms. The average molecular weight is 289 g/mol. The third-order valence-corrected chi connectivity index (χ3v) is 4.19. The van der Waals surface area contributed by atoms with Crippen LogP contribution in [0.4, 0.5) is 4.39 Å². The number of aliphatic hydroxyl groups excluding tert-OH is 1. The van der Waals surface area contributed by atoms with Crippen molar-refractivity contribution in [3.05, 3.63) is 53.6 Å². The van der Waals surface area contributed by atoms with Gasteiger partial charge in [-0.15, -0.1) is 0 Å². The summed E-state index contributed by atoms with van der Waals surface area (Å²) in [5, 5.41) is 14.1. The highest BCUT2D eigenvalue weighted by atomic mass is 19.1. The number of β-amino-alcohol motifs (C(OH)–C–C–N with tert-alkyl or cyclic N) is 1. The third-order valence-electron chi connectivity index (χ3n) is 4.19. The van der Waals surface area contributed by atoms with E-state index in [1.807, 2.05) is 23.9 Å². The summed E-state index contributed by atoms with van der Waals surface area (Å²) in [7, 11) is 1.93. The molecule has 2 atom stereocenters. The lowest BCUT2D eigenvalue weighted by atomic mass is 10.0. The van der Waals surface area contributed by atoms with Crippen LogP contribution >= 0.6 is 0 Å². The number of hydrogen-bond acceptors (Lipinski definition) is 3. The van der Waals surface area contributed by atoms with Gasteiger partial charge in [0.2, 0.25) is 0 Å². The summed E-state index contributed by atoms with van der Waals surface area (Å²) in [5.41, 5.74) is 2.10. The van der Waals surface area contributed by atoms with Crippen LogP contribution in [0.25, 0.3) is 0 Å². The molecule has 0 aliphatic carbocycles. The SMILES string of the molecule is Cn1nccc1CCN1C[C@@H](O)C[C@H]1c1cccc(F)c1. The van der Waals surface area contributed by atoms with Crippen LogP contribution in [0.15, 0.2) is 36.5 Å². The smallest absolute Gasteiger partial charge is 0.123 e. The van der Waals surface area contributed by atoms with E-state index in [0.29, 0.717) is 13.0 Å². The number of rotatable bonds is 4. The minimum Gasteiger partial charge on any atom is -0.392 e. The number of aryl methyl sites for hydroxylation is 1. The van der Waals surface area contributed by atoms with Crippen molar-refractivity contribution in [2.75, 3.05) is 13.1 Å². The number of aromatic nitrogens is 2. The second kappa shape index (κ2) is 5.95. The molecule has 1 aliphatic heterocycles. The molecule has 0 bridgehead atoms. The van der Waals surface area contributed by atoms with Gasteiger partial charge in [-0.25, -0.2) is 4.39 Å². The van der Waals surface area contributed by atoms with Crippen LogP contribution in [0.3, 0.4) is 0 Å². The number of benzene rings is 1. The molecule has 21 heavy (non-hydrogen) atoms. The van der Waals surface area contributed by atoms with Crippen LogP contribution in [0.1, 0.15) is 23.7 Å². The molecule has 4 nitrogen and oxygen atoms in total. The first-order valence-electron chi connectivity index (χ1n) is 7.28. The standard InChI is InChI=1S/C16H20FN3O/c1-19-14(5-7-18-19)6-8-20-11-15(21)10-16(20)12-3-2-4-13(17)9-12/h2-5,7,9,15-16,21H,6,8,10-11H2,1H3/t15-,16-/m0/s1. The minimum atomic E-state index is -0.343. The largest absolute Gasteiger partial charge is 0.392 e. The van der Waals surface area contributed by atoms with Crippen LogP contribution in [-0.2, 0) is 13.5 Å². The molecule has 0 amide bonds. The Labute approximate surface area is 123 Å². The number of aliphatic hydroxyl groups is 1. The molecule has 3 rings (SSSR count). The Morgan fingerprint density at radius 3 is 2.95 bits per heavy atom. The van der Waals surface area contributed by atoms with Crippen molar-refractivity contribution in [1.82, 2.24) is 14.7 Å². The molecule has 1 saturated heterocycles. The Balaban J connectivity index is 1.72. The van der Waals surface area contributed by atoms with E-state index in [1.165, 1.54) is 6.07 Å². The van der Waals surface area contributed by atoms with Gasteiger partial charge in [0.15, 0.2) is 0 Å². The lowest BCUT2D eigenvalue weighted by molar-refractivity contribution is 0.175. The molecular formula is C16H20FN3O. The van der Waals surface area contributed by atoms with E-state index in [4.69, 9.17) is 0 Å². The van der Waals surface area contributed by atoms with Gasteiger partial charge < -0.3 is 5.11 Å². The normalized spacial score (nSPS) is 22.8. The number of hydrogen-bond donors (Lipinski definition) is 1. The monoisotopic (exact) mass is 289 g/mol. The molecule has 1 aromatic heterocycles. The fraction of sp³-hybridized carbons (Fsp3) is 0.438. The van der Waals surface area contributed by atoms with E-state index in [0.717, 1.165) is 24.2 Å². The third kappa shape index (κ3) is 3.14. The van der Waals surface area contributed by atoms with Gasteiger partial charge in [0.1, 0.15) is 5.82 Å². The van der Waals surface area contributed by atoms with Gasteiger partial charge in [0.25, 0.3) is 0 Å². The summed E-state index contributed by atoms with van der Waals surface area (Å²) in [6.07, 6.45) is 2.98. The van der Waals surface area contributed by atoms with Crippen molar-refractivity contribution in [3.8, 4) is 0 Å². The second-order valence-corrected chi connectivity index (χ2v) is 5.65. The van der Waals surface area contributed by atoms with Crippen molar-refractivity contribution in [3.63, 3.8) is 0 Å². The van der Waals surface area contributed by atoms with Gasteiger partial charge in [-0.05, 0) is 30.2 Å². The second-order valence-electron chi connectivity index (χ2n) is 5.65. The van der Waals surface area contributed by atoms with E-state index in [2.05, 4.69) is 10.00 Å². The van der Waals surface area contributed by atoms with Crippen molar-refractivity contribution in [1.29, 1.82) is 0 Å². The fourth-order valence-electron chi connectivity index (χ4n) is 3.09. The number of likely N-dealkylation sites (tertiary alicyclic amines) is 1. The summed E-state index contributed by atoms with van der Waals surface area (Å²) in [5.74, 6) is -0.222. The van der Waals surface area contributed by atoms with Gasteiger partial charge in [0.05, 0.1) is 6.10 Å². The Kier molecular flexibility index (Phi) is 4.03. The van der Waals surface area contributed by atoms with Crippen LogP contribution in [0.2, 0.25) is 0 Å². The predicted octanol–water partition coefficient (Wildman–Crippen LogP) is 1.91. The Hall–Kier alpha value is -1.72. The van der Waals surface area contributed by atoms with Gasteiger partial charge in [-0.2, -0.15) is 5.10 Å². The summed E-state index contributed by atoms with van der Waals surface area (Å²) in [4.78, 5) is 2.23. The minimum absolute atomic E-state index is 0.0870. The van der Waals surface area contributed by atoms with Crippen molar-refractivity contribution in [2.45, 2.75) is 25.0 Å². The van der Waals surface area contributed by atoms with E-state index < -0.39 is 0 Å². The summed E-state index contributed by atoms with van der Waals surface area (Å²) in [6.45, 7) is 1.47. The highest BCUT2D eigenvalue weighted by molar-refractivity contribution is 5.22. The van der Waals surface area contributed by atoms with E-state index in [9.17, 15) is 9.50 Å². The van der Waals surface area contributed by atoms with Crippen molar-refractivity contribution >= 4 is 0 Å². The highest BCUT2D eigenvalue weighted by Crippen LogP contribution is 2.32. The zero-order valence-electron chi connectivity index (χ0n) is 12.1. The lowest BCUT2D eigenvalue weighted by Crippen LogP contribution is -2.27. The molecular weight excluding hydrogens is 269 g/mol. The summed E-state index contributed by atoms with van der Waals surface area (Å²) in [6, 6.07) is 8.78. The van der Waals surface area contributed by atoms with E-state index in [1.54, 1.807) is 18.3 Å². The molecule has 2 aromatic rings. The molecule has 0 saturated carbocycles. The predicted molar refractivity (Wildman–Crippen MR) is 78.2 cm³/mol. The van der Waals surface area contributed by atoms with Gasteiger partial charge in [0, 0.05) is 44.5 Å². The molecule has 1 fully saturated rings. The Morgan fingerprint density at radius 1 is 1.38 bits per heavy atom. The molecule has 5 heteroatoms. The van der Waals surface area contributed by atoms with Crippen LogP contribution < -0.4 is 0 Å². The first-order chi connectivity index (χ1) is 10.1. The van der Waals surface area contributed by atoms with Gasteiger partial charge >= 0.3 is 0 Å². The van der Waals surface area contributed by atoms with Gasteiger partial charge in [-0.1, -0.05) is 12.1 Å². The van der Waals surface area contributed by atoms with Crippen LogP contribution in [-0.4, -0.2) is 39.0 Å². The van der Waals surface area contributed by atoms with Crippen LogP contribution in [0, 0.1) is 5.82 Å². The average Bonchev–Trinajstić information content (AvgIpc) is 3.02. The summed E-state index contributed by atoms with van der Waals surface area (Å²) < 4.78 is 15.3. The Bertz CT molecular complexity index is 613.